The molecule has 88 valence electrons. The molecule has 0 atom stereocenters. The molecule has 0 saturated carbocycles. The minimum atomic E-state index is -0.414. The highest BCUT2D eigenvalue weighted by atomic mass is 19.1. The van der Waals surface area contributed by atoms with E-state index in [0.29, 0.717) is 17.3 Å². The van der Waals surface area contributed by atoms with E-state index < -0.39 is 5.82 Å². The van der Waals surface area contributed by atoms with Gasteiger partial charge in [-0.15, -0.1) is 0 Å². The lowest BCUT2D eigenvalue weighted by molar-refractivity contribution is 0.407. The zero-order valence-corrected chi connectivity index (χ0v) is 9.18. The summed E-state index contributed by atoms with van der Waals surface area (Å²) in [6.07, 6.45) is 1.50. The number of halogens is 1. The van der Waals surface area contributed by atoms with E-state index in [1.54, 1.807) is 19.2 Å². The third kappa shape index (κ3) is 2.63. The quantitative estimate of drug-likeness (QED) is 0.829. The molecule has 0 unspecified atom stereocenters. The number of nitrogen functional groups attached to an aromatic ring is 1. The Labute approximate surface area is 97.8 Å². The monoisotopic (exact) mass is 234 g/mol. The van der Waals surface area contributed by atoms with E-state index in [1.807, 2.05) is 0 Å². The molecule has 0 bridgehead atoms. The van der Waals surface area contributed by atoms with Crippen molar-refractivity contribution in [1.29, 1.82) is 0 Å². The molecule has 1 heterocycles. The highest BCUT2D eigenvalue weighted by Gasteiger charge is 2.05. The Hall–Kier alpha value is -2.30. The first kappa shape index (κ1) is 11.2. The molecule has 2 rings (SSSR count). The number of anilines is 1. The molecular formula is C12H11FN2O2. The van der Waals surface area contributed by atoms with Crippen LogP contribution in [0.3, 0.4) is 0 Å². The van der Waals surface area contributed by atoms with Gasteiger partial charge in [-0.1, -0.05) is 0 Å². The van der Waals surface area contributed by atoms with E-state index in [9.17, 15) is 4.39 Å². The van der Waals surface area contributed by atoms with Crippen molar-refractivity contribution >= 4 is 5.69 Å². The van der Waals surface area contributed by atoms with E-state index in [4.69, 9.17) is 15.2 Å². The van der Waals surface area contributed by atoms with E-state index in [1.165, 1.54) is 24.4 Å². The van der Waals surface area contributed by atoms with Crippen molar-refractivity contribution in [3.05, 3.63) is 42.3 Å². The van der Waals surface area contributed by atoms with Gasteiger partial charge < -0.3 is 15.2 Å². The van der Waals surface area contributed by atoms with Gasteiger partial charge in [-0.3, -0.25) is 0 Å². The molecule has 4 nitrogen and oxygen atoms in total. The Morgan fingerprint density at radius 2 is 2.06 bits per heavy atom. The fourth-order valence-electron chi connectivity index (χ4n) is 1.26. The average Bonchev–Trinajstić information content (AvgIpc) is 2.35. The molecule has 2 N–H and O–H groups in total. The van der Waals surface area contributed by atoms with Gasteiger partial charge in [0.25, 0.3) is 0 Å². The topological polar surface area (TPSA) is 57.4 Å². The van der Waals surface area contributed by atoms with Gasteiger partial charge in [-0.25, -0.2) is 9.37 Å². The number of methoxy groups -OCH3 is 1. The molecule has 5 heteroatoms. The van der Waals surface area contributed by atoms with Crippen LogP contribution in [-0.2, 0) is 0 Å². The maximum absolute atomic E-state index is 13.0. The van der Waals surface area contributed by atoms with Crippen molar-refractivity contribution in [2.24, 2.45) is 0 Å². The van der Waals surface area contributed by atoms with Crippen LogP contribution in [-0.4, -0.2) is 12.1 Å². The van der Waals surface area contributed by atoms with Crippen LogP contribution in [0.2, 0.25) is 0 Å². The molecule has 1 aromatic carbocycles. The molecular weight excluding hydrogens is 223 g/mol. The van der Waals surface area contributed by atoms with Crippen molar-refractivity contribution < 1.29 is 13.9 Å². The molecule has 0 saturated heterocycles. The number of aromatic nitrogens is 1. The minimum Gasteiger partial charge on any atom is -0.495 e. The lowest BCUT2D eigenvalue weighted by Crippen LogP contribution is -1.94. The maximum Gasteiger partial charge on any atom is 0.219 e. The van der Waals surface area contributed by atoms with E-state index in [0.717, 1.165) is 0 Å². The van der Waals surface area contributed by atoms with Gasteiger partial charge >= 0.3 is 0 Å². The number of hydrogen-bond donors (Lipinski definition) is 1. The first-order valence-corrected chi connectivity index (χ1v) is 4.92. The molecule has 1 aromatic heterocycles. The van der Waals surface area contributed by atoms with Crippen molar-refractivity contribution in [1.82, 2.24) is 4.98 Å². The van der Waals surface area contributed by atoms with Gasteiger partial charge in [0.1, 0.15) is 11.6 Å². The fraction of sp³-hybridized carbons (Fsp3) is 0.0833. The van der Waals surface area contributed by atoms with Crippen LogP contribution < -0.4 is 15.2 Å². The van der Waals surface area contributed by atoms with Crippen molar-refractivity contribution in [3.63, 3.8) is 0 Å². The number of hydrogen-bond acceptors (Lipinski definition) is 4. The van der Waals surface area contributed by atoms with Crippen molar-refractivity contribution in [3.8, 4) is 17.4 Å². The number of nitrogens with two attached hydrogens (primary N) is 1. The summed E-state index contributed by atoms with van der Waals surface area (Å²) in [4.78, 5) is 3.99. The van der Waals surface area contributed by atoms with Crippen LogP contribution in [0.1, 0.15) is 0 Å². The number of benzene rings is 1. The zero-order chi connectivity index (χ0) is 12.3. The predicted molar refractivity (Wildman–Crippen MR) is 61.7 cm³/mol. The van der Waals surface area contributed by atoms with Gasteiger partial charge in [-0.05, 0) is 18.2 Å². The lowest BCUT2D eigenvalue weighted by atomic mass is 10.3. The number of nitrogens with zero attached hydrogens (tertiary/aromatic N) is 1. The smallest absolute Gasteiger partial charge is 0.219 e. The molecule has 0 aliphatic heterocycles. The Bertz CT molecular complexity index is 514. The van der Waals surface area contributed by atoms with Crippen LogP contribution in [0.4, 0.5) is 10.1 Å². The summed E-state index contributed by atoms with van der Waals surface area (Å²) in [7, 11) is 1.54. The molecule has 0 aliphatic carbocycles. The molecule has 17 heavy (non-hydrogen) atoms. The maximum atomic E-state index is 13.0. The van der Waals surface area contributed by atoms with E-state index in [-0.39, 0.29) is 5.75 Å². The van der Waals surface area contributed by atoms with Gasteiger partial charge in [-0.2, -0.15) is 0 Å². The number of pyridine rings is 1. The van der Waals surface area contributed by atoms with E-state index >= 15 is 0 Å². The van der Waals surface area contributed by atoms with Crippen LogP contribution in [0, 0.1) is 5.82 Å². The SMILES string of the molecule is COc1ccc(Oc2cc(F)ccc2N)nc1. The Balaban J connectivity index is 2.22. The molecule has 0 fully saturated rings. The molecule has 2 aromatic rings. The second kappa shape index (κ2) is 4.69. The Morgan fingerprint density at radius 3 is 2.71 bits per heavy atom. The molecule has 0 radical (unpaired) electrons. The predicted octanol–water partition coefficient (Wildman–Crippen LogP) is 2.60. The van der Waals surface area contributed by atoms with E-state index in [2.05, 4.69) is 4.98 Å². The second-order valence-electron chi connectivity index (χ2n) is 3.32. The first-order valence-electron chi connectivity index (χ1n) is 4.92. The summed E-state index contributed by atoms with van der Waals surface area (Å²) < 4.78 is 23.3. The van der Waals surface area contributed by atoms with Crippen LogP contribution >= 0.6 is 0 Å². The largest absolute Gasteiger partial charge is 0.495 e. The summed E-state index contributed by atoms with van der Waals surface area (Å²) in [5, 5.41) is 0. The zero-order valence-electron chi connectivity index (χ0n) is 9.18. The second-order valence-corrected chi connectivity index (χ2v) is 3.32. The van der Waals surface area contributed by atoms with Gasteiger partial charge in [0.15, 0.2) is 5.75 Å². The van der Waals surface area contributed by atoms with Gasteiger partial charge in [0, 0.05) is 12.1 Å². The van der Waals surface area contributed by atoms with Gasteiger partial charge in [0.2, 0.25) is 5.88 Å². The first-order chi connectivity index (χ1) is 8.19. The Kier molecular flexibility index (Phi) is 3.09. The number of ether oxygens (including phenoxy) is 2. The molecule has 0 aliphatic rings. The van der Waals surface area contributed by atoms with Crippen LogP contribution in [0.5, 0.6) is 17.4 Å². The van der Waals surface area contributed by atoms with Crippen LogP contribution in [0.15, 0.2) is 36.5 Å². The highest BCUT2D eigenvalue weighted by molar-refractivity contribution is 5.53. The normalized spacial score (nSPS) is 10.0. The average molecular weight is 234 g/mol. The molecule has 0 amide bonds. The standard InChI is InChI=1S/C12H11FN2O2/c1-16-9-3-5-12(15-7-9)17-11-6-8(13)2-4-10(11)14/h2-7H,14H2,1H3. The molecule has 0 spiro atoms. The summed E-state index contributed by atoms with van der Waals surface area (Å²) in [6, 6.07) is 7.22. The van der Waals surface area contributed by atoms with Crippen molar-refractivity contribution in [2.75, 3.05) is 12.8 Å². The third-order valence-corrected chi connectivity index (χ3v) is 2.14. The van der Waals surface area contributed by atoms with Crippen molar-refractivity contribution in [2.45, 2.75) is 0 Å². The fourth-order valence-corrected chi connectivity index (χ4v) is 1.26. The summed E-state index contributed by atoms with van der Waals surface area (Å²) in [5.74, 6) is 0.762. The lowest BCUT2D eigenvalue weighted by Gasteiger charge is -2.07. The number of rotatable bonds is 3. The third-order valence-electron chi connectivity index (χ3n) is 2.14. The minimum absolute atomic E-state index is 0.239. The summed E-state index contributed by atoms with van der Waals surface area (Å²) in [6.45, 7) is 0. The Morgan fingerprint density at radius 1 is 1.24 bits per heavy atom. The van der Waals surface area contributed by atoms with Crippen LogP contribution in [0.25, 0.3) is 0 Å². The van der Waals surface area contributed by atoms with Gasteiger partial charge in [0.05, 0.1) is 19.0 Å². The summed E-state index contributed by atoms with van der Waals surface area (Å²) >= 11 is 0. The summed E-state index contributed by atoms with van der Waals surface area (Å²) in [5.41, 5.74) is 6.00. The highest BCUT2D eigenvalue weighted by Crippen LogP contribution is 2.27.